The van der Waals surface area contributed by atoms with E-state index in [1.54, 1.807) is 4.90 Å². The number of carbonyl (C=O) groups excluding carboxylic acids is 2. The van der Waals surface area contributed by atoms with Gasteiger partial charge in [-0.05, 0) is 55.9 Å². The average molecular weight is 406 g/mol. The summed E-state index contributed by atoms with van der Waals surface area (Å²) in [6, 6.07) is 14.7. The topological polar surface area (TPSA) is 53.5 Å². The van der Waals surface area contributed by atoms with Crippen LogP contribution in [0, 0.1) is 6.92 Å². The molecule has 0 N–H and O–H groups in total. The van der Waals surface area contributed by atoms with Crippen molar-refractivity contribution < 1.29 is 9.59 Å². The van der Waals surface area contributed by atoms with Crippen LogP contribution in [0.3, 0.4) is 0 Å². The molecular formula is C25H31N3O2. The van der Waals surface area contributed by atoms with Crippen molar-refractivity contribution in [2.45, 2.75) is 51.4 Å². The second-order valence-electron chi connectivity index (χ2n) is 8.59. The predicted octanol–water partition coefficient (Wildman–Crippen LogP) is 4.17. The number of aryl methyl sites for hydroxylation is 1. The number of likely N-dealkylation sites (tertiary alicyclic amines) is 2. The molecule has 3 heterocycles. The van der Waals surface area contributed by atoms with Crippen LogP contribution in [0.4, 0.5) is 0 Å². The fourth-order valence-corrected chi connectivity index (χ4v) is 4.61. The summed E-state index contributed by atoms with van der Waals surface area (Å²) in [7, 11) is 0. The number of benzene rings is 1. The van der Waals surface area contributed by atoms with E-state index >= 15 is 0 Å². The summed E-state index contributed by atoms with van der Waals surface area (Å²) in [5.41, 5.74) is 4.44. The third-order valence-corrected chi connectivity index (χ3v) is 6.27. The molecule has 1 aromatic heterocycles. The van der Waals surface area contributed by atoms with Crippen molar-refractivity contribution in [1.29, 1.82) is 0 Å². The lowest BCUT2D eigenvalue weighted by Gasteiger charge is -2.34. The van der Waals surface area contributed by atoms with Crippen LogP contribution in [0.5, 0.6) is 0 Å². The van der Waals surface area contributed by atoms with Gasteiger partial charge in [0.05, 0.1) is 6.54 Å². The standard InChI is InChI=1S/C25H31N3O2/c1-19-15-22(20-9-4-2-5-10-20)16-23(26-19)21-11-8-14-27(17-21)25(30)18-28-13-7-3-6-12-24(28)29/h2,4-5,9-10,15-16,21H,3,6-8,11-14,17-18H2,1H3. The smallest absolute Gasteiger partial charge is 0.242 e. The molecule has 0 bridgehead atoms. The van der Waals surface area contributed by atoms with Crippen LogP contribution in [0.15, 0.2) is 42.5 Å². The van der Waals surface area contributed by atoms with Crippen molar-refractivity contribution in [3.63, 3.8) is 0 Å². The normalized spacial score (nSPS) is 20.2. The first-order valence-electron chi connectivity index (χ1n) is 11.2. The highest BCUT2D eigenvalue weighted by molar-refractivity contribution is 5.85. The number of pyridine rings is 1. The lowest BCUT2D eigenvalue weighted by Crippen LogP contribution is -2.46. The highest BCUT2D eigenvalue weighted by Crippen LogP contribution is 2.29. The van der Waals surface area contributed by atoms with E-state index in [4.69, 9.17) is 4.98 Å². The van der Waals surface area contributed by atoms with Crippen molar-refractivity contribution >= 4 is 11.8 Å². The second kappa shape index (κ2) is 9.41. The molecule has 2 aromatic rings. The molecule has 1 aromatic carbocycles. The molecule has 30 heavy (non-hydrogen) atoms. The van der Waals surface area contributed by atoms with E-state index < -0.39 is 0 Å². The van der Waals surface area contributed by atoms with E-state index in [1.165, 1.54) is 11.1 Å². The van der Waals surface area contributed by atoms with Crippen LogP contribution in [0.2, 0.25) is 0 Å². The monoisotopic (exact) mass is 405 g/mol. The third kappa shape index (κ3) is 4.89. The number of amides is 2. The zero-order chi connectivity index (χ0) is 20.9. The van der Waals surface area contributed by atoms with Crippen molar-refractivity contribution in [3.8, 4) is 11.1 Å². The minimum Gasteiger partial charge on any atom is -0.340 e. The minimum absolute atomic E-state index is 0.0749. The Labute approximate surface area is 179 Å². The van der Waals surface area contributed by atoms with E-state index in [-0.39, 0.29) is 24.3 Å². The minimum atomic E-state index is 0.0749. The summed E-state index contributed by atoms with van der Waals surface area (Å²) in [5, 5.41) is 0. The van der Waals surface area contributed by atoms with Gasteiger partial charge in [0.1, 0.15) is 0 Å². The van der Waals surface area contributed by atoms with E-state index in [1.807, 2.05) is 17.9 Å². The molecule has 2 amide bonds. The van der Waals surface area contributed by atoms with Gasteiger partial charge in [-0.2, -0.15) is 0 Å². The molecule has 0 saturated carbocycles. The van der Waals surface area contributed by atoms with Gasteiger partial charge < -0.3 is 9.80 Å². The van der Waals surface area contributed by atoms with E-state index in [0.29, 0.717) is 19.5 Å². The Kier molecular flexibility index (Phi) is 6.46. The number of hydrogen-bond acceptors (Lipinski definition) is 3. The SMILES string of the molecule is Cc1cc(-c2ccccc2)cc(C2CCCN(C(=O)CN3CCCCCC3=O)C2)n1. The fourth-order valence-electron chi connectivity index (χ4n) is 4.61. The molecule has 5 heteroatoms. The number of carbonyl (C=O) groups is 2. The molecule has 0 spiro atoms. The van der Waals surface area contributed by atoms with Crippen molar-refractivity contribution in [3.05, 3.63) is 53.9 Å². The van der Waals surface area contributed by atoms with E-state index in [9.17, 15) is 9.59 Å². The summed E-state index contributed by atoms with van der Waals surface area (Å²) in [6.45, 7) is 4.43. The summed E-state index contributed by atoms with van der Waals surface area (Å²) >= 11 is 0. The Morgan fingerprint density at radius 2 is 1.87 bits per heavy atom. The van der Waals surface area contributed by atoms with Crippen LogP contribution in [0.25, 0.3) is 11.1 Å². The zero-order valence-electron chi connectivity index (χ0n) is 17.8. The summed E-state index contributed by atoms with van der Waals surface area (Å²) < 4.78 is 0. The van der Waals surface area contributed by atoms with Crippen LogP contribution in [-0.2, 0) is 9.59 Å². The van der Waals surface area contributed by atoms with E-state index in [0.717, 1.165) is 50.0 Å². The number of aromatic nitrogens is 1. The molecule has 2 aliphatic rings. The predicted molar refractivity (Wildman–Crippen MR) is 118 cm³/mol. The number of hydrogen-bond donors (Lipinski definition) is 0. The first-order chi connectivity index (χ1) is 14.6. The molecule has 2 fully saturated rings. The lowest BCUT2D eigenvalue weighted by atomic mass is 9.92. The molecule has 4 rings (SSSR count). The highest BCUT2D eigenvalue weighted by Gasteiger charge is 2.28. The molecule has 0 radical (unpaired) electrons. The van der Waals surface area contributed by atoms with Gasteiger partial charge in [0.15, 0.2) is 0 Å². The van der Waals surface area contributed by atoms with Gasteiger partial charge >= 0.3 is 0 Å². The Bertz CT molecular complexity index is 897. The molecule has 5 nitrogen and oxygen atoms in total. The first-order valence-corrected chi connectivity index (χ1v) is 11.2. The Balaban J connectivity index is 1.47. The van der Waals surface area contributed by atoms with Gasteiger partial charge in [-0.25, -0.2) is 0 Å². The van der Waals surface area contributed by atoms with Gasteiger partial charge in [0.25, 0.3) is 0 Å². The maximum atomic E-state index is 13.0. The van der Waals surface area contributed by atoms with Gasteiger partial charge in [0.2, 0.25) is 11.8 Å². The molecule has 1 atom stereocenters. The van der Waals surface area contributed by atoms with Gasteiger partial charge in [-0.3, -0.25) is 14.6 Å². The second-order valence-corrected chi connectivity index (χ2v) is 8.59. The van der Waals surface area contributed by atoms with Crippen LogP contribution < -0.4 is 0 Å². The van der Waals surface area contributed by atoms with Gasteiger partial charge in [-0.1, -0.05) is 36.8 Å². The molecule has 2 aliphatic heterocycles. The largest absolute Gasteiger partial charge is 0.340 e. The molecular weight excluding hydrogens is 374 g/mol. The average Bonchev–Trinajstić information content (AvgIpc) is 2.98. The van der Waals surface area contributed by atoms with Gasteiger partial charge in [0, 0.05) is 43.4 Å². The van der Waals surface area contributed by atoms with Crippen molar-refractivity contribution in [2.24, 2.45) is 0 Å². The number of nitrogens with zero attached hydrogens (tertiary/aromatic N) is 3. The van der Waals surface area contributed by atoms with Crippen LogP contribution in [0.1, 0.15) is 55.8 Å². The molecule has 1 unspecified atom stereocenters. The van der Waals surface area contributed by atoms with Crippen LogP contribution >= 0.6 is 0 Å². The summed E-state index contributed by atoms with van der Waals surface area (Å²) in [5.74, 6) is 0.443. The molecule has 2 saturated heterocycles. The van der Waals surface area contributed by atoms with Gasteiger partial charge in [-0.15, -0.1) is 0 Å². The van der Waals surface area contributed by atoms with Crippen LogP contribution in [-0.4, -0.2) is 52.8 Å². The van der Waals surface area contributed by atoms with E-state index in [2.05, 4.69) is 36.4 Å². The summed E-state index contributed by atoms with van der Waals surface area (Å²) in [4.78, 5) is 33.8. The fraction of sp³-hybridized carbons (Fsp3) is 0.480. The first kappa shape index (κ1) is 20.6. The Morgan fingerprint density at radius 3 is 2.70 bits per heavy atom. The highest BCUT2D eigenvalue weighted by atomic mass is 16.2. The number of rotatable bonds is 4. The summed E-state index contributed by atoms with van der Waals surface area (Å²) in [6.07, 6.45) is 5.60. The maximum absolute atomic E-state index is 13.0. The maximum Gasteiger partial charge on any atom is 0.242 e. The Morgan fingerprint density at radius 1 is 1.03 bits per heavy atom. The quantitative estimate of drug-likeness (QED) is 0.767. The van der Waals surface area contributed by atoms with Crippen molar-refractivity contribution in [2.75, 3.05) is 26.2 Å². The lowest BCUT2D eigenvalue weighted by molar-refractivity contribution is -0.140. The van der Waals surface area contributed by atoms with Crippen molar-refractivity contribution in [1.82, 2.24) is 14.8 Å². The zero-order valence-corrected chi connectivity index (χ0v) is 17.8. The number of piperidine rings is 1. The Hall–Kier alpha value is -2.69. The molecule has 0 aliphatic carbocycles. The molecule has 158 valence electrons. The third-order valence-electron chi connectivity index (χ3n) is 6.27.